The van der Waals surface area contributed by atoms with Gasteiger partial charge in [-0.05, 0) is 82.9 Å². The van der Waals surface area contributed by atoms with Crippen molar-refractivity contribution in [3.8, 4) is 67.5 Å². The van der Waals surface area contributed by atoms with E-state index in [4.69, 9.17) is 18.3 Å². The molecule has 3 heterocycles. The SMILES string of the molecule is c1ccc2c(c1)Oc1cc(-c3cccc4oc5ccccc5c34)ccc1-c1ccc(-c3cccc4oc5ccccc5c34)cc1Oc1ccccc1-2. The van der Waals surface area contributed by atoms with E-state index < -0.39 is 0 Å². The molecule has 1 aliphatic heterocycles. The Kier molecular flexibility index (Phi) is 6.22. The summed E-state index contributed by atoms with van der Waals surface area (Å²) in [6, 6.07) is 58.1. The summed E-state index contributed by atoms with van der Waals surface area (Å²) in [5.41, 5.74) is 11.4. The van der Waals surface area contributed by atoms with E-state index in [2.05, 4.69) is 84.9 Å². The molecule has 1 aliphatic rings. The highest BCUT2D eigenvalue weighted by molar-refractivity contribution is 6.13. The Morgan fingerprint density at radius 1 is 0.269 bits per heavy atom. The number of benzene rings is 8. The summed E-state index contributed by atoms with van der Waals surface area (Å²) in [6.45, 7) is 0. The first-order valence-electron chi connectivity index (χ1n) is 17.4. The Bertz CT molecular complexity index is 2830. The van der Waals surface area contributed by atoms with Crippen molar-refractivity contribution < 1.29 is 18.3 Å². The van der Waals surface area contributed by atoms with E-state index in [1.54, 1.807) is 0 Å². The molecular formula is C48H28O4. The molecule has 0 atom stereocenters. The van der Waals surface area contributed by atoms with Gasteiger partial charge in [-0.2, -0.15) is 0 Å². The molecule has 0 spiro atoms. The van der Waals surface area contributed by atoms with Crippen LogP contribution >= 0.6 is 0 Å². The van der Waals surface area contributed by atoms with Crippen LogP contribution in [0.1, 0.15) is 0 Å². The van der Waals surface area contributed by atoms with Gasteiger partial charge in [0.1, 0.15) is 45.3 Å². The second kappa shape index (κ2) is 11.2. The third-order valence-electron chi connectivity index (χ3n) is 10.2. The van der Waals surface area contributed by atoms with Crippen molar-refractivity contribution in [1.29, 1.82) is 0 Å². The zero-order chi connectivity index (χ0) is 34.2. The molecule has 244 valence electrons. The molecule has 2 aromatic heterocycles. The Labute approximate surface area is 298 Å². The van der Waals surface area contributed by atoms with Crippen LogP contribution in [0, 0.1) is 0 Å². The number of fused-ring (bicyclic) bond motifs is 12. The normalized spacial score (nSPS) is 12.2. The van der Waals surface area contributed by atoms with Crippen LogP contribution in [0.25, 0.3) is 88.4 Å². The van der Waals surface area contributed by atoms with Gasteiger partial charge in [-0.1, -0.05) is 109 Å². The summed E-state index contributed by atoms with van der Waals surface area (Å²) in [6.07, 6.45) is 0. The van der Waals surface area contributed by atoms with Crippen molar-refractivity contribution in [3.63, 3.8) is 0 Å². The Morgan fingerprint density at radius 3 is 1.15 bits per heavy atom. The topological polar surface area (TPSA) is 44.7 Å². The molecule has 11 rings (SSSR count). The van der Waals surface area contributed by atoms with Gasteiger partial charge in [0, 0.05) is 43.8 Å². The molecule has 0 saturated heterocycles. The number of furan rings is 2. The lowest BCUT2D eigenvalue weighted by molar-refractivity contribution is 0.472. The highest BCUT2D eigenvalue weighted by Gasteiger charge is 2.23. The molecule has 0 bridgehead atoms. The quantitative estimate of drug-likeness (QED) is 0.184. The van der Waals surface area contributed by atoms with Crippen LogP contribution in [0.5, 0.6) is 23.0 Å². The Morgan fingerprint density at radius 2 is 0.654 bits per heavy atom. The number of rotatable bonds is 2. The molecule has 4 heteroatoms. The van der Waals surface area contributed by atoms with Gasteiger partial charge < -0.3 is 18.3 Å². The molecule has 52 heavy (non-hydrogen) atoms. The first kappa shape index (κ1) is 28.8. The van der Waals surface area contributed by atoms with Gasteiger partial charge in [-0.25, -0.2) is 0 Å². The van der Waals surface area contributed by atoms with Crippen LogP contribution < -0.4 is 9.47 Å². The highest BCUT2D eigenvalue weighted by Crippen LogP contribution is 2.49. The summed E-state index contributed by atoms with van der Waals surface area (Å²) in [4.78, 5) is 0. The largest absolute Gasteiger partial charge is 0.456 e. The van der Waals surface area contributed by atoms with Crippen molar-refractivity contribution in [2.24, 2.45) is 0 Å². The van der Waals surface area contributed by atoms with Gasteiger partial charge >= 0.3 is 0 Å². The van der Waals surface area contributed by atoms with Gasteiger partial charge in [0.05, 0.1) is 0 Å². The lowest BCUT2D eigenvalue weighted by Gasteiger charge is -2.22. The van der Waals surface area contributed by atoms with Crippen LogP contribution in [0.4, 0.5) is 0 Å². The maximum atomic E-state index is 6.99. The van der Waals surface area contributed by atoms with Crippen LogP contribution in [0.2, 0.25) is 0 Å². The lowest BCUT2D eigenvalue weighted by Crippen LogP contribution is -1.98. The van der Waals surface area contributed by atoms with Gasteiger partial charge in [-0.15, -0.1) is 0 Å². The average Bonchev–Trinajstić information content (AvgIpc) is 3.77. The molecule has 8 aromatic carbocycles. The minimum atomic E-state index is 0.731. The lowest BCUT2D eigenvalue weighted by atomic mass is 9.93. The van der Waals surface area contributed by atoms with E-state index >= 15 is 0 Å². The summed E-state index contributed by atoms with van der Waals surface area (Å²) in [5.74, 6) is 2.97. The number of para-hydroxylation sites is 4. The Hall–Kier alpha value is -7.04. The molecule has 0 radical (unpaired) electrons. The average molecular weight is 669 g/mol. The van der Waals surface area contributed by atoms with E-state index in [0.717, 1.165) is 111 Å². The molecule has 0 amide bonds. The van der Waals surface area contributed by atoms with Crippen molar-refractivity contribution in [1.82, 2.24) is 0 Å². The molecular weight excluding hydrogens is 641 g/mol. The summed E-state index contributed by atoms with van der Waals surface area (Å²) < 4.78 is 26.5. The van der Waals surface area contributed by atoms with E-state index in [0.29, 0.717) is 0 Å². The van der Waals surface area contributed by atoms with Gasteiger partial charge in [-0.3, -0.25) is 0 Å². The first-order valence-corrected chi connectivity index (χ1v) is 17.4. The van der Waals surface area contributed by atoms with Crippen molar-refractivity contribution >= 4 is 43.9 Å². The third kappa shape index (κ3) is 4.41. The minimum Gasteiger partial charge on any atom is -0.456 e. The number of hydrogen-bond acceptors (Lipinski definition) is 4. The zero-order valence-electron chi connectivity index (χ0n) is 27.8. The maximum Gasteiger partial charge on any atom is 0.136 e. The van der Waals surface area contributed by atoms with E-state index in [9.17, 15) is 0 Å². The zero-order valence-corrected chi connectivity index (χ0v) is 27.8. The molecule has 0 fully saturated rings. The van der Waals surface area contributed by atoms with Crippen molar-refractivity contribution in [2.75, 3.05) is 0 Å². The standard InChI is InChI=1S/C48H28O4/c1-5-17-39-33(11-1)34-12-2-6-18-40(34)52-46-28-30(32-16-10-22-44-48(32)38-14-4-8-20-42(38)50-44)24-26-36(46)35-25-23-29(27-45(35)51-39)31-15-9-21-43-47(31)37-13-3-7-19-41(37)49-43/h1-28H. The molecule has 0 N–H and O–H groups in total. The smallest absolute Gasteiger partial charge is 0.136 e. The summed E-state index contributed by atoms with van der Waals surface area (Å²) >= 11 is 0. The maximum absolute atomic E-state index is 6.99. The van der Waals surface area contributed by atoms with E-state index in [-0.39, 0.29) is 0 Å². The highest BCUT2D eigenvalue weighted by atomic mass is 16.5. The van der Waals surface area contributed by atoms with Gasteiger partial charge in [0.25, 0.3) is 0 Å². The van der Waals surface area contributed by atoms with Crippen LogP contribution in [-0.2, 0) is 0 Å². The van der Waals surface area contributed by atoms with Crippen LogP contribution in [0.3, 0.4) is 0 Å². The Balaban J connectivity index is 1.16. The molecule has 0 unspecified atom stereocenters. The summed E-state index contributed by atoms with van der Waals surface area (Å²) in [5, 5.41) is 4.34. The van der Waals surface area contributed by atoms with Gasteiger partial charge in [0.2, 0.25) is 0 Å². The van der Waals surface area contributed by atoms with Crippen LogP contribution in [0.15, 0.2) is 179 Å². The fraction of sp³-hybridized carbons (Fsp3) is 0. The monoisotopic (exact) mass is 668 g/mol. The number of ether oxygens (including phenoxy) is 2. The van der Waals surface area contributed by atoms with Crippen molar-refractivity contribution in [2.45, 2.75) is 0 Å². The molecule has 4 nitrogen and oxygen atoms in total. The predicted octanol–water partition coefficient (Wildman–Crippen LogP) is 14.1. The molecule has 0 aliphatic carbocycles. The van der Waals surface area contributed by atoms with Crippen LogP contribution in [-0.4, -0.2) is 0 Å². The predicted molar refractivity (Wildman–Crippen MR) is 209 cm³/mol. The fourth-order valence-corrected chi connectivity index (χ4v) is 7.82. The fourth-order valence-electron chi connectivity index (χ4n) is 7.82. The number of hydrogen-bond donors (Lipinski definition) is 0. The van der Waals surface area contributed by atoms with E-state index in [1.807, 2.05) is 84.9 Å². The van der Waals surface area contributed by atoms with Gasteiger partial charge in [0.15, 0.2) is 0 Å². The van der Waals surface area contributed by atoms with Crippen molar-refractivity contribution in [3.05, 3.63) is 170 Å². The summed E-state index contributed by atoms with van der Waals surface area (Å²) in [7, 11) is 0. The third-order valence-corrected chi connectivity index (χ3v) is 10.2. The second-order valence-corrected chi connectivity index (χ2v) is 13.2. The minimum absolute atomic E-state index is 0.731. The molecule has 10 aromatic rings. The molecule has 0 saturated carbocycles. The van der Waals surface area contributed by atoms with E-state index in [1.165, 1.54) is 0 Å². The second-order valence-electron chi connectivity index (χ2n) is 13.2. The first-order chi connectivity index (χ1) is 25.8.